The summed E-state index contributed by atoms with van der Waals surface area (Å²) in [7, 11) is 1.57. The Hall–Kier alpha value is -2.45. The molecule has 2 nitrogen and oxygen atoms in total. The average molecular weight is 278 g/mol. The first-order valence-electron chi connectivity index (χ1n) is 6.77. The number of Topliss-reactive ketones (excluding diaryl/α,β-unsaturated/α-hetero) is 1. The lowest BCUT2D eigenvalue weighted by molar-refractivity contribution is 0.0976. The molecule has 1 unspecified atom stereocenters. The van der Waals surface area contributed by atoms with Crippen LogP contribution in [0, 0.1) is 0 Å². The first-order chi connectivity index (χ1) is 10.2. The number of ether oxygens (including phenoxy) is 1. The van der Waals surface area contributed by atoms with Crippen LogP contribution in [0.1, 0.15) is 15.9 Å². The smallest absolute Gasteiger partial charge is 0.191 e. The maximum Gasteiger partial charge on any atom is 0.191 e. The summed E-state index contributed by atoms with van der Waals surface area (Å²) < 4.78 is 5.37. The van der Waals surface area contributed by atoms with Crippen molar-refractivity contribution in [3.05, 3.63) is 90.0 Å². The fourth-order valence-electron chi connectivity index (χ4n) is 2.00. The summed E-state index contributed by atoms with van der Waals surface area (Å²) in [6, 6.07) is 19.0. The second-order valence-electron chi connectivity index (χ2n) is 4.65. The van der Waals surface area contributed by atoms with Crippen molar-refractivity contribution in [2.45, 2.75) is 6.10 Å². The van der Waals surface area contributed by atoms with Gasteiger partial charge < -0.3 is 4.74 Å². The number of rotatable bonds is 6. The second-order valence-corrected chi connectivity index (χ2v) is 4.65. The average Bonchev–Trinajstić information content (AvgIpc) is 2.56. The molecule has 0 heterocycles. The zero-order valence-electron chi connectivity index (χ0n) is 12.0. The first-order valence-corrected chi connectivity index (χ1v) is 6.77. The number of carbonyl (C=O) groups excluding carboxylic acids is 1. The van der Waals surface area contributed by atoms with Crippen LogP contribution in [0.4, 0.5) is 0 Å². The van der Waals surface area contributed by atoms with E-state index in [4.69, 9.17) is 4.74 Å². The summed E-state index contributed by atoms with van der Waals surface area (Å²) in [5.74, 6) is -0.0971. The van der Waals surface area contributed by atoms with Gasteiger partial charge in [-0.1, -0.05) is 79.4 Å². The van der Waals surface area contributed by atoms with Crippen molar-refractivity contribution in [2.24, 2.45) is 0 Å². The monoisotopic (exact) mass is 278 g/mol. The van der Waals surface area contributed by atoms with Gasteiger partial charge in [0.25, 0.3) is 0 Å². The van der Waals surface area contributed by atoms with Gasteiger partial charge in [0.1, 0.15) is 6.10 Å². The molecule has 0 saturated carbocycles. The van der Waals surface area contributed by atoms with Crippen molar-refractivity contribution in [3.8, 4) is 0 Å². The fraction of sp³-hybridized carbons (Fsp3) is 0.105. The van der Waals surface area contributed by atoms with Crippen molar-refractivity contribution in [3.63, 3.8) is 0 Å². The number of hydrogen-bond acceptors (Lipinski definition) is 2. The summed E-state index contributed by atoms with van der Waals surface area (Å²) in [6.45, 7) is 3.89. The number of benzene rings is 2. The van der Waals surface area contributed by atoms with E-state index in [2.05, 4.69) is 6.58 Å². The Morgan fingerprint density at radius 3 is 2.19 bits per heavy atom. The molecule has 0 bridgehead atoms. The molecule has 0 aliphatic rings. The predicted octanol–water partition coefficient (Wildman–Crippen LogP) is 4.15. The molecular weight excluding hydrogens is 260 g/mol. The normalized spacial score (nSPS) is 12.2. The summed E-state index contributed by atoms with van der Waals surface area (Å²) >= 11 is 0. The molecule has 1 atom stereocenters. The first kappa shape index (κ1) is 14.9. The fourth-order valence-corrected chi connectivity index (χ4v) is 2.00. The number of ketones is 1. The molecule has 0 amide bonds. The molecule has 2 heteroatoms. The minimum absolute atomic E-state index is 0.0971. The van der Waals surface area contributed by atoms with Gasteiger partial charge in [0.2, 0.25) is 0 Å². The van der Waals surface area contributed by atoms with Gasteiger partial charge in [0, 0.05) is 18.2 Å². The Kier molecular flexibility index (Phi) is 5.24. The Bertz CT molecular complexity index is 627. The zero-order valence-corrected chi connectivity index (χ0v) is 12.0. The molecule has 0 spiro atoms. The van der Waals surface area contributed by atoms with Crippen LogP contribution in [0.3, 0.4) is 0 Å². The van der Waals surface area contributed by atoms with Crippen LogP contribution in [0.15, 0.2) is 78.9 Å². The Morgan fingerprint density at radius 2 is 1.62 bits per heavy atom. The van der Waals surface area contributed by atoms with Crippen molar-refractivity contribution in [2.75, 3.05) is 7.11 Å². The van der Waals surface area contributed by atoms with Crippen LogP contribution in [0.25, 0.3) is 6.08 Å². The molecule has 0 aliphatic heterocycles. The van der Waals surface area contributed by atoms with Gasteiger partial charge in [-0.05, 0) is 5.56 Å². The lowest BCUT2D eigenvalue weighted by Gasteiger charge is -2.13. The summed E-state index contributed by atoms with van der Waals surface area (Å²) in [4.78, 5) is 12.3. The number of carbonyl (C=O) groups is 1. The quantitative estimate of drug-likeness (QED) is 0.586. The van der Waals surface area contributed by atoms with Gasteiger partial charge in [0.05, 0.1) is 0 Å². The van der Waals surface area contributed by atoms with E-state index in [-0.39, 0.29) is 5.78 Å². The molecule has 0 saturated heterocycles. The number of hydrogen-bond donors (Lipinski definition) is 0. The molecule has 0 radical (unpaired) electrons. The third kappa shape index (κ3) is 4.01. The van der Waals surface area contributed by atoms with Gasteiger partial charge in [-0.15, -0.1) is 0 Å². The van der Waals surface area contributed by atoms with Crippen molar-refractivity contribution in [1.29, 1.82) is 0 Å². The molecule has 106 valence electrons. The Labute approximate surface area is 125 Å². The third-order valence-corrected chi connectivity index (χ3v) is 3.19. The highest BCUT2D eigenvalue weighted by atomic mass is 16.5. The minimum atomic E-state index is -0.432. The van der Waals surface area contributed by atoms with Gasteiger partial charge in [-0.2, -0.15) is 0 Å². The molecular formula is C19H18O2. The highest BCUT2D eigenvalue weighted by Crippen LogP contribution is 2.15. The van der Waals surface area contributed by atoms with Crippen molar-refractivity contribution >= 4 is 11.9 Å². The topological polar surface area (TPSA) is 26.3 Å². The molecule has 2 aromatic carbocycles. The lowest BCUT2D eigenvalue weighted by atomic mass is 9.99. The van der Waals surface area contributed by atoms with Crippen LogP contribution >= 0.6 is 0 Å². The van der Waals surface area contributed by atoms with Crippen LogP contribution in [-0.4, -0.2) is 19.0 Å². The molecule has 2 aromatic rings. The molecule has 0 fully saturated rings. The van der Waals surface area contributed by atoms with Gasteiger partial charge in [-0.3, -0.25) is 4.79 Å². The zero-order chi connectivity index (χ0) is 15.1. The molecule has 0 aromatic heterocycles. The van der Waals surface area contributed by atoms with Crippen molar-refractivity contribution < 1.29 is 9.53 Å². The minimum Gasteiger partial charge on any atom is -0.373 e. The van der Waals surface area contributed by atoms with E-state index in [1.54, 1.807) is 19.2 Å². The SMILES string of the molecule is C=C(C(=O)c1ccccc1)C(/C=C/c1ccccc1)OC. The third-order valence-electron chi connectivity index (χ3n) is 3.19. The second kappa shape index (κ2) is 7.36. The van der Waals surface area contributed by atoms with Crippen LogP contribution in [0.2, 0.25) is 0 Å². The van der Waals surface area contributed by atoms with E-state index >= 15 is 0 Å². The lowest BCUT2D eigenvalue weighted by Crippen LogP contribution is -2.17. The Morgan fingerprint density at radius 1 is 1.05 bits per heavy atom. The van der Waals surface area contributed by atoms with Crippen LogP contribution in [0.5, 0.6) is 0 Å². The molecule has 21 heavy (non-hydrogen) atoms. The highest BCUT2D eigenvalue weighted by Gasteiger charge is 2.17. The molecule has 0 N–H and O–H groups in total. The standard InChI is InChI=1S/C19H18O2/c1-15(19(20)17-11-7-4-8-12-17)18(21-2)14-13-16-9-5-3-6-10-16/h3-14,18H,1H2,2H3/b14-13+. The maximum atomic E-state index is 12.3. The van der Waals surface area contributed by atoms with E-state index in [0.717, 1.165) is 5.56 Å². The van der Waals surface area contributed by atoms with Gasteiger partial charge >= 0.3 is 0 Å². The van der Waals surface area contributed by atoms with E-state index < -0.39 is 6.10 Å². The highest BCUT2D eigenvalue weighted by molar-refractivity contribution is 6.09. The predicted molar refractivity (Wildman–Crippen MR) is 86.2 cm³/mol. The van der Waals surface area contributed by atoms with E-state index in [1.165, 1.54) is 0 Å². The van der Waals surface area contributed by atoms with Gasteiger partial charge in [-0.25, -0.2) is 0 Å². The van der Waals surface area contributed by atoms with E-state index in [0.29, 0.717) is 11.1 Å². The summed E-state index contributed by atoms with van der Waals surface area (Å²) in [6.07, 6.45) is 3.34. The Balaban J connectivity index is 2.12. The summed E-state index contributed by atoms with van der Waals surface area (Å²) in [5, 5.41) is 0. The maximum absolute atomic E-state index is 12.3. The van der Waals surface area contributed by atoms with Crippen LogP contribution in [-0.2, 0) is 4.74 Å². The van der Waals surface area contributed by atoms with E-state index in [9.17, 15) is 4.79 Å². The van der Waals surface area contributed by atoms with Crippen molar-refractivity contribution in [1.82, 2.24) is 0 Å². The molecule has 0 aliphatic carbocycles. The van der Waals surface area contributed by atoms with Crippen LogP contribution < -0.4 is 0 Å². The largest absolute Gasteiger partial charge is 0.373 e. The number of methoxy groups -OCH3 is 1. The van der Waals surface area contributed by atoms with E-state index in [1.807, 2.05) is 60.7 Å². The molecule has 2 rings (SSSR count). The van der Waals surface area contributed by atoms with Gasteiger partial charge in [0.15, 0.2) is 5.78 Å². The summed E-state index contributed by atoms with van der Waals surface area (Å²) in [5.41, 5.74) is 2.10.